The van der Waals surface area contributed by atoms with Gasteiger partial charge in [-0.15, -0.1) is 0 Å². The quantitative estimate of drug-likeness (QED) is 0.0344. The standard InChI is InChI=1S/C57H110O6/c1-6-9-10-11-12-13-14-17-21-27-32-37-42-47-55(58)61-50-54(63-57(60)49-44-39-34-29-24-23-26-31-36-41-46-53(5)8-3)51-62-56(59)48-43-38-33-28-22-19-16-15-18-20-25-30-35-40-45-52(4)7-2/h52-54H,6-51H2,1-5H3/t52?,53?,54-/m1/s1. The van der Waals surface area contributed by atoms with Gasteiger partial charge in [-0.05, 0) is 31.1 Å². The maximum Gasteiger partial charge on any atom is 0.306 e. The number of rotatable bonds is 51. The van der Waals surface area contributed by atoms with Crippen LogP contribution in [0.4, 0.5) is 0 Å². The van der Waals surface area contributed by atoms with E-state index in [1.54, 1.807) is 0 Å². The fourth-order valence-electron chi connectivity index (χ4n) is 8.63. The molecule has 0 aliphatic carbocycles. The highest BCUT2D eigenvalue weighted by Gasteiger charge is 2.19. The van der Waals surface area contributed by atoms with E-state index in [-0.39, 0.29) is 31.1 Å². The van der Waals surface area contributed by atoms with Crippen LogP contribution in [0.25, 0.3) is 0 Å². The topological polar surface area (TPSA) is 78.9 Å². The van der Waals surface area contributed by atoms with Crippen LogP contribution in [0.5, 0.6) is 0 Å². The molecule has 0 aliphatic rings. The van der Waals surface area contributed by atoms with E-state index in [2.05, 4.69) is 34.6 Å². The van der Waals surface area contributed by atoms with Crippen LogP contribution in [0.1, 0.15) is 317 Å². The third-order valence-corrected chi connectivity index (χ3v) is 13.7. The van der Waals surface area contributed by atoms with Gasteiger partial charge in [-0.3, -0.25) is 14.4 Å². The molecule has 0 N–H and O–H groups in total. The van der Waals surface area contributed by atoms with Crippen molar-refractivity contribution < 1.29 is 28.6 Å². The van der Waals surface area contributed by atoms with Crippen molar-refractivity contribution in [1.29, 1.82) is 0 Å². The van der Waals surface area contributed by atoms with Crippen molar-refractivity contribution in [3.8, 4) is 0 Å². The van der Waals surface area contributed by atoms with Crippen LogP contribution in [0.2, 0.25) is 0 Å². The number of ether oxygens (including phenoxy) is 3. The lowest BCUT2D eigenvalue weighted by Crippen LogP contribution is -2.30. The van der Waals surface area contributed by atoms with Gasteiger partial charge in [0.15, 0.2) is 6.10 Å². The fraction of sp³-hybridized carbons (Fsp3) is 0.947. The molecular weight excluding hydrogens is 781 g/mol. The molecule has 0 radical (unpaired) electrons. The molecule has 0 saturated carbocycles. The van der Waals surface area contributed by atoms with E-state index in [0.29, 0.717) is 19.3 Å². The van der Waals surface area contributed by atoms with Gasteiger partial charge in [-0.2, -0.15) is 0 Å². The van der Waals surface area contributed by atoms with Crippen molar-refractivity contribution in [2.24, 2.45) is 11.8 Å². The molecule has 0 fully saturated rings. The van der Waals surface area contributed by atoms with Gasteiger partial charge < -0.3 is 14.2 Å². The average molecular weight is 892 g/mol. The smallest absolute Gasteiger partial charge is 0.306 e. The van der Waals surface area contributed by atoms with E-state index in [1.807, 2.05) is 0 Å². The summed E-state index contributed by atoms with van der Waals surface area (Å²) in [4.78, 5) is 38.1. The Hall–Kier alpha value is -1.59. The molecule has 0 aromatic heterocycles. The summed E-state index contributed by atoms with van der Waals surface area (Å²) in [6.45, 7) is 11.5. The first-order chi connectivity index (χ1) is 30.8. The van der Waals surface area contributed by atoms with E-state index in [1.165, 1.54) is 205 Å². The molecule has 63 heavy (non-hydrogen) atoms. The normalized spacial score (nSPS) is 12.9. The second-order valence-corrected chi connectivity index (χ2v) is 20.1. The van der Waals surface area contributed by atoms with Gasteiger partial charge in [0.05, 0.1) is 0 Å². The largest absolute Gasteiger partial charge is 0.462 e. The third kappa shape index (κ3) is 48.2. The lowest BCUT2D eigenvalue weighted by atomic mass is 9.99. The molecule has 0 amide bonds. The average Bonchev–Trinajstić information content (AvgIpc) is 3.28. The zero-order valence-corrected chi connectivity index (χ0v) is 43.2. The first-order valence-electron chi connectivity index (χ1n) is 28.3. The van der Waals surface area contributed by atoms with Gasteiger partial charge in [0.25, 0.3) is 0 Å². The lowest BCUT2D eigenvalue weighted by molar-refractivity contribution is -0.167. The lowest BCUT2D eigenvalue weighted by Gasteiger charge is -2.18. The summed E-state index contributed by atoms with van der Waals surface area (Å²) in [6, 6.07) is 0. The van der Waals surface area contributed by atoms with Crippen LogP contribution in [0, 0.1) is 11.8 Å². The summed E-state index contributed by atoms with van der Waals surface area (Å²) < 4.78 is 16.9. The predicted octanol–water partition coefficient (Wildman–Crippen LogP) is 18.5. The van der Waals surface area contributed by atoms with Gasteiger partial charge in [0, 0.05) is 19.3 Å². The summed E-state index contributed by atoms with van der Waals surface area (Å²) in [6.07, 6.45) is 52.2. The van der Waals surface area contributed by atoms with Crippen molar-refractivity contribution >= 4 is 17.9 Å². The fourth-order valence-corrected chi connectivity index (χ4v) is 8.63. The Bertz CT molecular complexity index is 966. The van der Waals surface area contributed by atoms with Gasteiger partial charge in [0.2, 0.25) is 0 Å². The Morgan fingerprint density at radius 3 is 0.825 bits per heavy atom. The molecule has 0 rings (SSSR count). The van der Waals surface area contributed by atoms with E-state index in [4.69, 9.17) is 14.2 Å². The van der Waals surface area contributed by atoms with E-state index in [9.17, 15) is 14.4 Å². The minimum absolute atomic E-state index is 0.0630. The summed E-state index contributed by atoms with van der Waals surface area (Å²) in [7, 11) is 0. The summed E-state index contributed by atoms with van der Waals surface area (Å²) in [5.41, 5.74) is 0. The molecule has 0 spiro atoms. The van der Waals surface area contributed by atoms with Gasteiger partial charge in [0.1, 0.15) is 13.2 Å². The minimum atomic E-state index is -0.762. The third-order valence-electron chi connectivity index (χ3n) is 13.7. The van der Waals surface area contributed by atoms with Crippen LogP contribution in [0.3, 0.4) is 0 Å². The molecule has 6 heteroatoms. The van der Waals surface area contributed by atoms with Gasteiger partial charge in [-0.25, -0.2) is 0 Å². The number of esters is 3. The molecule has 0 aromatic rings. The van der Waals surface area contributed by atoms with E-state index >= 15 is 0 Å². The molecule has 2 unspecified atom stereocenters. The first-order valence-corrected chi connectivity index (χ1v) is 28.3. The molecule has 3 atom stereocenters. The zero-order chi connectivity index (χ0) is 46.1. The SMILES string of the molecule is CCCCCCCCCCCCCCCC(=O)OC[C@H](COC(=O)CCCCCCCCCCCCCCCCC(C)CC)OC(=O)CCCCCCCCCCCCC(C)CC. The molecule has 374 valence electrons. The van der Waals surface area contributed by atoms with Crippen molar-refractivity contribution in [2.75, 3.05) is 13.2 Å². The van der Waals surface area contributed by atoms with Crippen LogP contribution >= 0.6 is 0 Å². The molecule has 0 bridgehead atoms. The second-order valence-electron chi connectivity index (χ2n) is 20.1. The maximum atomic E-state index is 12.8. The highest BCUT2D eigenvalue weighted by atomic mass is 16.6. The molecule has 0 saturated heterocycles. The highest BCUT2D eigenvalue weighted by Crippen LogP contribution is 2.19. The Morgan fingerprint density at radius 1 is 0.317 bits per heavy atom. The second kappa shape index (κ2) is 49.8. The summed E-state index contributed by atoms with van der Waals surface area (Å²) in [5.74, 6) is 0.922. The maximum absolute atomic E-state index is 12.8. The molecule has 0 aromatic carbocycles. The first kappa shape index (κ1) is 61.4. The van der Waals surface area contributed by atoms with Crippen molar-refractivity contribution in [3.63, 3.8) is 0 Å². The Kier molecular flexibility index (Phi) is 48.6. The molecule has 0 heterocycles. The number of unbranched alkanes of at least 4 members (excludes halogenated alkanes) is 34. The number of hydrogen-bond donors (Lipinski definition) is 0. The van der Waals surface area contributed by atoms with Crippen LogP contribution in [0.15, 0.2) is 0 Å². The van der Waals surface area contributed by atoms with Crippen LogP contribution in [-0.4, -0.2) is 37.2 Å². The molecule has 0 aliphatic heterocycles. The molecule has 6 nitrogen and oxygen atoms in total. The van der Waals surface area contributed by atoms with Crippen LogP contribution in [-0.2, 0) is 28.6 Å². The van der Waals surface area contributed by atoms with Gasteiger partial charge in [-0.1, -0.05) is 279 Å². The monoisotopic (exact) mass is 891 g/mol. The molecular formula is C57H110O6. The Morgan fingerprint density at radius 2 is 0.556 bits per heavy atom. The zero-order valence-electron chi connectivity index (χ0n) is 43.2. The van der Waals surface area contributed by atoms with Crippen LogP contribution < -0.4 is 0 Å². The predicted molar refractivity (Wildman–Crippen MR) is 270 cm³/mol. The number of hydrogen-bond acceptors (Lipinski definition) is 6. The highest BCUT2D eigenvalue weighted by molar-refractivity contribution is 5.71. The van der Waals surface area contributed by atoms with E-state index in [0.717, 1.165) is 69.6 Å². The van der Waals surface area contributed by atoms with Crippen molar-refractivity contribution in [1.82, 2.24) is 0 Å². The minimum Gasteiger partial charge on any atom is -0.462 e. The number of carbonyl (C=O) groups is 3. The van der Waals surface area contributed by atoms with E-state index < -0.39 is 6.10 Å². The Balaban J connectivity index is 4.30. The van der Waals surface area contributed by atoms with Gasteiger partial charge >= 0.3 is 17.9 Å². The van der Waals surface area contributed by atoms with Crippen molar-refractivity contribution in [2.45, 2.75) is 323 Å². The number of carbonyl (C=O) groups excluding carboxylic acids is 3. The summed E-state index contributed by atoms with van der Waals surface area (Å²) in [5, 5.41) is 0. The van der Waals surface area contributed by atoms with Crippen molar-refractivity contribution in [3.05, 3.63) is 0 Å². The Labute approximate surface area is 393 Å². The summed E-state index contributed by atoms with van der Waals surface area (Å²) >= 11 is 0.